The monoisotopic (exact) mass is 350 g/mol. The first kappa shape index (κ1) is 18.7. The molecule has 0 spiro atoms. The first-order valence-electron chi connectivity index (χ1n) is 4.04. The molecule has 0 aromatic heterocycles. The fourth-order valence-corrected chi connectivity index (χ4v) is 3.97. The van der Waals surface area contributed by atoms with E-state index in [9.17, 15) is 48.0 Å². The summed E-state index contributed by atoms with van der Waals surface area (Å²) >= 11 is 0. The Morgan fingerprint density at radius 1 is 0.850 bits per heavy atom. The maximum atomic E-state index is 12.2. The fourth-order valence-electron chi connectivity index (χ4n) is 0.845. The van der Waals surface area contributed by atoms with Crippen LogP contribution < -0.4 is 0 Å². The summed E-state index contributed by atoms with van der Waals surface area (Å²) in [5.41, 5.74) is -15.0. The molecule has 0 bridgehead atoms. The molecule has 0 atom stereocenters. The minimum atomic E-state index is -7.03. The lowest BCUT2D eigenvalue weighted by Crippen LogP contribution is -2.36. The van der Waals surface area contributed by atoms with Gasteiger partial charge in [0, 0.05) is 0 Å². The largest absolute Gasteiger partial charge is 0.502 e. The normalized spacial score (nSPS) is 13.9. The van der Waals surface area contributed by atoms with Crippen LogP contribution in [-0.2, 0) is 24.5 Å². The summed E-state index contributed by atoms with van der Waals surface area (Å²) in [5, 5.41) is 8.29. The number of carbonyl (C=O) groups is 1. The predicted molar refractivity (Wildman–Crippen MR) is 50.3 cm³/mol. The molecule has 0 radical (unpaired) electrons. The molecule has 118 valence electrons. The molecule has 0 saturated carbocycles. The van der Waals surface area contributed by atoms with Crippen LogP contribution in [-0.4, -0.2) is 38.9 Å². The third-order valence-electron chi connectivity index (χ3n) is 1.72. The van der Waals surface area contributed by atoms with Gasteiger partial charge >= 0.3 is 17.0 Å². The lowest BCUT2D eigenvalue weighted by Gasteiger charge is -2.15. The number of carboxylic acids is 1. The molecule has 1 N–H and O–H groups in total. The molecule has 0 amide bonds. The second-order valence-corrected chi connectivity index (χ2v) is 7.13. The highest BCUT2D eigenvalue weighted by molar-refractivity contribution is 8.15. The Balaban J connectivity index is 6.86. The van der Waals surface area contributed by atoms with E-state index in [0.29, 0.717) is 0 Å². The molecule has 0 heterocycles. The topological polar surface area (TPSA) is 106 Å². The van der Waals surface area contributed by atoms with Gasteiger partial charge < -0.3 is 5.11 Å². The van der Waals surface area contributed by atoms with Crippen molar-refractivity contribution in [2.24, 2.45) is 0 Å². The van der Waals surface area contributed by atoms with E-state index in [4.69, 9.17) is 5.11 Å². The Bertz CT molecular complexity index is 603. The van der Waals surface area contributed by atoms with Gasteiger partial charge in [0.25, 0.3) is 19.7 Å². The van der Waals surface area contributed by atoms with E-state index in [0.717, 1.165) is 0 Å². The molecule has 0 saturated heterocycles. The van der Waals surface area contributed by atoms with Gasteiger partial charge in [-0.3, -0.25) is 0 Å². The smallest absolute Gasteiger partial charge is 0.478 e. The van der Waals surface area contributed by atoms with Crippen molar-refractivity contribution in [3.05, 3.63) is 9.81 Å². The van der Waals surface area contributed by atoms with E-state index < -0.39 is 46.5 Å². The summed E-state index contributed by atoms with van der Waals surface area (Å²) < 4.78 is 113. The van der Waals surface area contributed by atoms with Gasteiger partial charge in [-0.05, 0) is 6.92 Å². The molecular weight excluding hydrogens is 346 g/mol. The van der Waals surface area contributed by atoms with Crippen LogP contribution in [0.15, 0.2) is 9.81 Å². The highest BCUT2D eigenvalue weighted by atomic mass is 32.3. The third-order valence-corrected chi connectivity index (χ3v) is 5.85. The zero-order chi connectivity index (χ0) is 16.7. The average molecular weight is 350 g/mol. The van der Waals surface area contributed by atoms with Gasteiger partial charge in [0.15, 0.2) is 4.24 Å². The van der Waals surface area contributed by atoms with E-state index in [1.165, 1.54) is 0 Å². The van der Waals surface area contributed by atoms with Crippen LogP contribution in [0.3, 0.4) is 0 Å². The fraction of sp³-hybridized carbons (Fsp3) is 0.500. The number of sulfone groups is 2. The van der Waals surface area contributed by atoms with E-state index in [-0.39, 0.29) is 6.92 Å². The van der Waals surface area contributed by atoms with E-state index in [1.807, 2.05) is 0 Å². The quantitative estimate of drug-likeness (QED) is 0.605. The standard InChI is InChI=1S/C6H4F6O6S2/c1-2(3(13)14)4(19(15,16)5(7,8)9)20(17,18)6(10,11)12/h1H3,(H,13,14). The summed E-state index contributed by atoms with van der Waals surface area (Å²) in [6.45, 7) is -0.00968. The van der Waals surface area contributed by atoms with Crippen molar-refractivity contribution in [2.45, 2.75) is 17.9 Å². The van der Waals surface area contributed by atoms with Crippen molar-refractivity contribution in [1.29, 1.82) is 0 Å². The van der Waals surface area contributed by atoms with E-state index >= 15 is 0 Å². The van der Waals surface area contributed by atoms with Crippen molar-refractivity contribution in [2.75, 3.05) is 0 Å². The Hall–Kier alpha value is -1.31. The van der Waals surface area contributed by atoms with Crippen molar-refractivity contribution >= 4 is 25.6 Å². The van der Waals surface area contributed by atoms with Crippen molar-refractivity contribution in [1.82, 2.24) is 0 Å². The number of carboxylic acid groups (broad SMARTS) is 1. The Morgan fingerprint density at radius 3 is 1.25 bits per heavy atom. The lowest BCUT2D eigenvalue weighted by atomic mass is 10.4. The maximum Gasteiger partial charge on any atom is 0.502 e. The zero-order valence-corrected chi connectivity index (χ0v) is 10.7. The molecule has 20 heavy (non-hydrogen) atoms. The van der Waals surface area contributed by atoms with Crippen LogP contribution in [0.4, 0.5) is 26.3 Å². The average Bonchev–Trinajstić information content (AvgIpc) is 2.12. The second-order valence-electron chi connectivity index (χ2n) is 3.12. The minimum absolute atomic E-state index is 0.00968. The number of aliphatic carboxylic acids is 1. The molecular formula is C6H4F6O6S2. The van der Waals surface area contributed by atoms with Gasteiger partial charge in [-0.15, -0.1) is 0 Å². The van der Waals surface area contributed by atoms with Gasteiger partial charge in [-0.1, -0.05) is 0 Å². The van der Waals surface area contributed by atoms with Crippen molar-refractivity contribution in [3.8, 4) is 0 Å². The molecule has 14 heteroatoms. The highest BCUT2D eigenvalue weighted by Crippen LogP contribution is 2.40. The first-order valence-corrected chi connectivity index (χ1v) is 7.01. The highest BCUT2D eigenvalue weighted by Gasteiger charge is 2.61. The predicted octanol–water partition coefficient (Wildman–Crippen LogP) is 1.17. The zero-order valence-electron chi connectivity index (χ0n) is 9.07. The van der Waals surface area contributed by atoms with E-state index in [2.05, 4.69) is 0 Å². The number of hydrogen-bond donors (Lipinski definition) is 1. The number of rotatable bonds is 3. The summed E-state index contributed by atoms with van der Waals surface area (Å²) in [5.74, 6) is -2.57. The first-order chi connectivity index (χ1) is 8.48. The van der Waals surface area contributed by atoms with E-state index in [1.54, 1.807) is 0 Å². The van der Waals surface area contributed by atoms with Gasteiger partial charge in [-0.25, -0.2) is 21.6 Å². The second kappa shape index (κ2) is 4.91. The summed E-state index contributed by atoms with van der Waals surface area (Å²) in [6, 6.07) is 0. The molecule has 0 aromatic rings. The minimum Gasteiger partial charge on any atom is -0.478 e. The summed E-state index contributed by atoms with van der Waals surface area (Å²) in [6.07, 6.45) is 0. The number of alkyl halides is 6. The van der Waals surface area contributed by atoms with Gasteiger partial charge in [-0.2, -0.15) is 26.3 Å². The van der Waals surface area contributed by atoms with Crippen molar-refractivity contribution in [3.63, 3.8) is 0 Å². The number of hydrogen-bond acceptors (Lipinski definition) is 5. The van der Waals surface area contributed by atoms with Crippen molar-refractivity contribution < 1.29 is 53.1 Å². The van der Waals surface area contributed by atoms with Crippen LogP contribution in [0, 0.1) is 0 Å². The van der Waals surface area contributed by atoms with Crippen LogP contribution in [0.1, 0.15) is 6.92 Å². The third kappa shape index (κ3) is 3.05. The van der Waals surface area contributed by atoms with Gasteiger partial charge in [0.1, 0.15) is 0 Å². The molecule has 0 aliphatic carbocycles. The molecule has 0 aliphatic rings. The molecule has 0 fully saturated rings. The van der Waals surface area contributed by atoms with Gasteiger partial charge in [0.05, 0.1) is 5.57 Å². The summed E-state index contributed by atoms with van der Waals surface area (Å²) in [4.78, 5) is 10.4. The molecule has 6 nitrogen and oxygen atoms in total. The summed E-state index contributed by atoms with van der Waals surface area (Å²) in [7, 11) is -14.1. The van der Waals surface area contributed by atoms with Crippen LogP contribution in [0.2, 0.25) is 0 Å². The van der Waals surface area contributed by atoms with Crippen LogP contribution >= 0.6 is 0 Å². The molecule has 0 unspecified atom stereocenters. The SMILES string of the molecule is CC(C(=O)O)=C(S(=O)(=O)C(F)(F)F)S(=O)(=O)C(F)(F)F. The Kier molecular flexibility index (Phi) is 4.59. The Morgan fingerprint density at radius 2 is 1.10 bits per heavy atom. The van der Waals surface area contributed by atoms with Crippen LogP contribution in [0.25, 0.3) is 0 Å². The lowest BCUT2D eigenvalue weighted by molar-refractivity contribution is -0.132. The van der Waals surface area contributed by atoms with Gasteiger partial charge in [0.2, 0.25) is 0 Å². The molecule has 0 aliphatic heterocycles. The molecule has 0 rings (SSSR count). The number of halogens is 6. The molecule has 0 aromatic carbocycles. The maximum absolute atomic E-state index is 12.2. The van der Waals surface area contributed by atoms with Crippen LogP contribution in [0.5, 0.6) is 0 Å². The Labute approximate surface area is 107 Å².